The Kier molecular flexibility index (Phi) is 4.59. The van der Waals surface area contributed by atoms with Gasteiger partial charge < -0.3 is 10.3 Å². The molecule has 3 N–H and O–H groups in total. The third kappa shape index (κ3) is 3.79. The van der Waals surface area contributed by atoms with Crippen LogP contribution in [0.2, 0.25) is 0 Å². The lowest BCUT2D eigenvalue weighted by Gasteiger charge is -2.10. The summed E-state index contributed by atoms with van der Waals surface area (Å²) in [6, 6.07) is 4.89. The summed E-state index contributed by atoms with van der Waals surface area (Å²) in [7, 11) is -3.61. The highest BCUT2D eigenvalue weighted by Gasteiger charge is 2.18. The Labute approximate surface area is 123 Å². The predicted octanol–water partition coefficient (Wildman–Crippen LogP) is 1.04. The zero-order valence-electron chi connectivity index (χ0n) is 12.0. The van der Waals surface area contributed by atoms with Gasteiger partial charge in [-0.25, -0.2) is 13.1 Å². The summed E-state index contributed by atoms with van der Waals surface area (Å²) in [5, 5.41) is 3.71. The SMILES string of the molecule is CCc1ccc(N)cc1S(=O)(=O)NCCc1noc(C)n1. The molecule has 0 aliphatic heterocycles. The van der Waals surface area contributed by atoms with Crippen LogP contribution in [0.5, 0.6) is 0 Å². The third-order valence-electron chi connectivity index (χ3n) is 2.97. The Balaban J connectivity index is 2.09. The van der Waals surface area contributed by atoms with E-state index >= 15 is 0 Å². The Morgan fingerprint density at radius 3 is 2.76 bits per heavy atom. The summed E-state index contributed by atoms with van der Waals surface area (Å²) in [5.74, 6) is 0.926. The van der Waals surface area contributed by atoms with Crippen molar-refractivity contribution in [1.29, 1.82) is 0 Å². The van der Waals surface area contributed by atoms with E-state index in [1.54, 1.807) is 19.1 Å². The zero-order valence-corrected chi connectivity index (χ0v) is 12.8. The quantitative estimate of drug-likeness (QED) is 0.771. The first-order chi connectivity index (χ1) is 9.92. The minimum Gasteiger partial charge on any atom is -0.399 e. The van der Waals surface area contributed by atoms with Crippen molar-refractivity contribution in [1.82, 2.24) is 14.9 Å². The molecule has 0 spiro atoms. The van der Waals surface area contributed by atoms with Crippen molar-refractivity contribution in [2.24, 2.45) is 0 Å². The molecule has 0 bridgehead atoms. The average Bonchev–Trinajstić information content (AvgIpc) is 2.84. The van der Waals surface area contributed by atoms with Crippen LogP contribution in [0.4, 0.5) is 5.69 Å². The zero-order chi connectivity index (χ0) is 15.5. The van der Waals surface area contributed by atoms with Gasteiger partial charge in [0.2, 0.25) is 15.9 Å². The van der Waals surface area contributed by atoms with E-state index in [-0.39, 0.29) is 11.4 Å². The van der Waals surface area contributed by atoms with Gasteiger partial charge >= 0.3 is 0 Å². The van der Waals surface area contributed by atoms with Gasteiger partial charge in [-0.1, -0.05) is 18.1 Å². The number of aryl methyl sites for hydroxylation is 2. The van der Waals surface area contributed by atoms with Crippen molar-refractivity contribution < 1.29 is 12.9 Å². The standard InChI is InChI=1S/C13H18N4O3S/c1-3-10-4-5-11(14)8-12(10)21(18,19)15-7-6-13-16-9(2)20-17-13/h4-5,8,15H,3,6-7,14H2,1-2H3. The molecule has 0 aliphatic rings. The van der Waals surface area contributed by atoms with E-state index in [1.807, 2.05) is 6.92 Å². The molecule has 0 radical (unpaired) electrons. The molecular weight excluding hydrogens is 292 g/mol. The van der Waals surface area contributed by atoms with Crippen LogP contribution in [-0.2, 0) is 22.9 Å². The molecule has 0 atom stereocenters. The maximum Gasteiger partial charge on any atom is 0.240 e. The molecule has 0 saturated heterocycles. The molecule has 0 fully saturated rings. The smallest absolute Gasteiger partial charge is 0.240 e. The van der Waals surface area contributed by atoms with E-state index in [0.717, 1.165) is 5.56 Å². The maximum atomic E-state index is 12.3. The summed E-state index contributed by atoms with van der Waals surface area (Å²) < 4.78 is 32.0. The minimum atomic E-state index is -3.61. The van der Waals surface area contributed by atoms with Gasteiger partial charge in [0.05, 0.1) is 4.90 Å². The van der Waals surface area contributed by atoms with Crippen LogP contribution in [0.3, 0.4) is 0 Å². The van der Waals surface area contributed by atoms with E-state index < -0.39 is 10.0 Å². The first-order valence-electron chi connectivity index (χ1n) is 6.59. The summed E-state index contributed by atoms with van der Waals surface area (Å²) >= 11 is 0. The number of benzene rings is 1. The lowest BCUT2D eigenvalue weighted by atomic mass is 10.1. The normalized spacial score (nSPS) is 11.7. The molecular formula is C13H18N4O3S. The van der Waals surface area contributed by atoms with Crippen molar-refractivity contribution in [3.8, 4) is 0 Å². The third-order valence-corrected chi connectivity index (χ3v) is 4.52. The number of hydrogen-bond acceptors (Lipinski definition) is 6. The van der Waals surface area contributed by atoms with Gasteiger partial charge in [0, 0.05) is 25.6 Å². The number of sulfonamides is 1. The molecule has 1 aromatic heterocycles. The van der Waals surface area contributed by atoms with Crippen LogP contribution in [0.25, 0.3) is 0 Å². The second-order valence-corrected chi connectivity index (χ2v) is 6.33. The molecule has 114 valence electrons. The van der Waals surface area contributed by atoms with Gasteiger partial charge in [0.25, 0.3) is 0 Å². The summed E-state index contributed by atoms with van der Waals surface area (Å²) in [6.07, 6.45) is 0.973. The molecule has 0 saturated carbocycles. The Morgan fingerprint density at radius 1 is 1.38 bits per heavy atom. The molecule has 2 rings (SSSR count). The van der Waals surface area contributed by atoms with Crippen LogP contribution < -0.4 is 10.5 Å². The fourth-order valence-electron chi connectivity index (χ4n) is 1.93. The second-order valence-electron chi connectivity index (χ2n) is 4.60. The summed E-state index contributed by atoms with van der Waals surface area (Å²) in [4.78, 5) is 4.24. The van der Waals surface area contributed by atoms with E-state index in [2.05, 4.69) is 14.9 Å². The number of nitrogens with two attached hydrogens (primary N) is 1. The van der Waals surface area contributed by atoms with Crippen molar-refractivity contribution in [2.75, 3.05) is 12.3 Å². The largest absolute Gasteiger partial charge is 0.399 e. The second kappa shape index (κ2) is 6.23. The highest BCUT2D eigenvalue weighted by Crippen LogP contribution is 2.19. The van der Waals surface area contributed by atoms with Crippen LogP contribution >= 0.6 is 0 Å². The van der Waals surface area contributed by atoms with Crippen LogP contribution in [0.15, 0.2) is 27.6 Å². The van der Waals surface area contributed by atoms with Gasteiger partial charge in [0.15, 0.2) is 5.82 Å². The van der Waals surface area contributed by atoms with Crippen molar-refractivity contribution in [2.45, 2.75) is 31.6 Å². The summed E-state index contributed by atoms with van der Waals surface area (Å²) in [5.41, 5.74) is 6.82. The Bertz CT molecular complexity index is 725. The highest BCUT2D eigenvalue weighted by molar-refractivity contribution is 7.89. The van der Waals surface area contributed by atoms with Crippen LogP contribution in [-0.4, -0.2) is 25.1 Å². The molecule has 1 heterocycles. The van der Waals surface area contributed by atoms with Gasteiger partial charge in [-0.3, -0.25) is 0 Å². The van der Waals surface area contributed by atoms with E-state index in [1.165, 1.54) is 6.07 Å². The van der Waals surface area contributed by atoms with E-state index in [9.17, 15) is 8.42 Å². The number of hydrogen-bond donors (Lipinski definition) is 2. The molecule has 8 heteroatoms. The van der Waals surface area contributed by atoms with E-state index in [4.69, 9.17) is 10.3 Å². The van der Waals surface area contributed by atoms with Crippen molar-refractivity contribution >= 4 is 15.7 Å². The molecule has 0 aliphatic carbocycles. The van der Waals surface area contributed by atoms with Crippen LogP contribution in [0.1, 0.15) is 24.2 Å². The number of rotatable bonds is 6. The number of nitrogens with one attached hydrogen (secondary N) is 1. The van der Waals surface area contributed by atoms with Crippen molar-refractivity contribution in [3.05, 3.63) is 35.5 Å². The number of anilines is 1. The fourth-order valence-corrected chi connectivity index (χ4v) is 3.31. The first-order valence-corrected chi connectivity index (χ1v) is 8.08. The van der Waals surface area contributed by atoms with Gasteiger partial charge in [0.1, 0.15) is 0 Å². The topological polar surface area (TPSA) is 111 Å². The van der Waals surface area contributed by atoms with Gasteiger partial charge in [-0.2, -0.15) is 4.98 Å². The molecule has 21 heavy (non-hydrogen) atoms. The maximum absolute atomic E-state index is 12.3. The lowest BCUT2D eigenvalue weighted by Crippen LogP contribution is -2.27. The molecule has 1 aromatic carbocycles. The molecule has 7 nitrogen and oxygen atoms in total. The first kappa shape index (κ1) is 15.5. The van der Waals surface area contributed by atoms with Gasteiger partial charge in [-0.05, 0) is 24.1 Å². The predicted molar refractivity (Wildman–Crippen MR) is 78.2 cm³/mol. The average molecular weight is 310 g/mol. The number of nitrogens with zero attached hydrogens (tertiary/aromatic N) is 2. The molecule has 0 unspecified atom stereocenters. The molecule has 2 aromatic rings. The fraction of sp³-hybridized carbons (Fsp3) is 0.385. The van der Waals surface area contributed by atoms with Crippen molar-refractivity contribution in [3.63, 3.8) is 0 Å². The Morgan fingerprint density at radius 2 is 2.14 bits per heavy atom. The van der Waals surface area contributed by atoms with E-state index in [0.29, 0.717) is 30.2 Å². The minimum absolute atomic E-state index is 0.194. The van der Waals surface area contributed by atoms with Crippen LogP contribution in [0, 0.1) is 6.92 Å². The number of aromatic nitrogens is 2. The van der Waals surface area contributed by atoms with Gasteiger partial charge in [-0.15, -0.1) is 0 Å². The molecule has 0 amide bonds. The lowest BCUT2D eigenvalue weighted by molar-refractivity contribution is 0.387. The summed E-state index contributed by atoms with van der Waals surface area (Å²) in [6.45, 7) is 3.77. The Hall–Kier alpha value is -1.93. The number of nitrogen functional groups attached to an aromatic ring is 1. The monoisotopic (exact) mass is 310 g/mol. The highest BCUT2D eigenvalue weighted by atomic mass is 32.2.